The molecule has 0 radical (unpaired) electrons. The molecule has 2 N–H and O–H groups in total. The summed E-state index contributed by atoms with van der Waals surface area (Å²) in [6.45, 7) is 6.79. The van der Waals surface area contributed by atoms with E-state index in [9.17, 15) is 4.79 Å². The molecule has 3 nitrogen and oxygen atoms in total. The molecular formula is C22H24N2O. The topological polar surface area (TPSA) is 48.0 Å². The van der Waals surface area contributed by atoms with Crippen molar-refractivity contribution in [1.29, 1.82) is 0 Å². The molecule has 1 heterocycles. The maximum Gasteiger partial charge on any atom is 0.221 e. The van der Waals surface area contributed by atoms with Crippen LogP contribution in [0.3, 0.4) is 0 Å². The predicted molar refractivity (Wildman–Crippen MR) is 104 cm³/mol. The number of benzene rings is 2. The lowest BCUT2D eigenvalue weighted by Crippen LogP contribution is -2.15. The van der Waals surface area contributed by atoms with E-state index < -0.39 is 0 Å². The molecule has 0 fully saturated rings. The van der Waals surface area contributed by atoms with E-state index in [1.54, 1.807) is 0 Å². The summed E-state index contributed by atoms with van der Waals surface area (Å²) in [5.41, 5.74) is 11.4. The van der Waals surface area contributed by atoms with Gasteiger partial charge in [-0.05, 0) is 35.6 Å². The summed E-state index contributed by atoms with van der Waals surface area (Å²) < 4.78 is 2.33. The molecule has 0 unspecified atom stereocenters. The quantitative estimate of drug-likeness (QED) is 0.653. The van der Waals surface area contributed by atoms with Crippen LogP contribution in [0.4, 0.5) is 0 Å². The van der Waals surface area contributed by atoms with Gasteiger partial charge in [0.15, 0.2) is 0 Å². The van der Waals surface area contributed by atoms with Crippen molar-refractivity contribution in [3.05, 3.63) is 83.6 Å². The van der Waals surface area contributed by atoms with Crippen molar-refractivity contribution in [3.63, 3.8) is 0 Å². The maximum atomic E-state index is 11.7. The molecule has 0 spiro atoms. The van der Waals surface area contributed by atoms with Gasteiger partial charge in [-0.25, -0.2) is 0 Å². The van der Waals surface area contributed by atoms with Crippen LogP contribution >= 0.6 is 0 Å². The van der Waals surface area contributed by atoms with E-state index in [1.807, 2.05) is 12.1 Å². The molecule has 0 atom stereocenters. The van der Waals surface area contributed by atoms with E-state index >= 15 is 0 Å². The summed E-state index contributed by atoms with van der Waals surface area (Å²) in [5.74, 6) is -0.290. The minimum atomic E-state index is -0.290. The number of hydrogen-bond donors (Lipinski definition) is 1. The fourth-order valence-electron chi connectivity index (χ4n) is 3.65. The first-order valence-electron chi connectivity index (χ1n) is 8.70. The fraction of sp³-hybridized carbons (Fsp3) is 0.227. The van der Waals surface area contributed by atoms with Gasteiger partial charge in [0.2, 0.25) is 5.91 Å². The number of carbonyl (C=O) groups excluding carboxylic acids is 1. The largest absolute Gasteiger partial charge is 0.369 e. The Labute approximate surface area is 148 Å². The van der Waals surface area contributed by atoms with Gasteiger partial charge in [0.05, 0.1) is 6.42 Å². The average Bonchev–Trinajstić information content (AvgIpc) is 2.89. The fourth-order valence-corrected chi connectivity index (χ4v) is 3.65. The molecule has 0 bridgehead atoms. The Morgan fingerprint density at radius 3 is 2.56 bits per heavy atom. The van der Waals surface area contributed by atoms with Crippen molar-refractivity contribution in [3.8, 4) is 0 Å². The molecule has 0 saturated heterocycles. The zero-order valence-corrected chi connectivity index (χ0v) is 14.7. The molecule has 3 aromatic rings. The second-order valence-electron chi connectivity index (χ2n) is 6.30. The van der Waals surface area contributed by atoms with E-state index in [-0.39, 0.29) is 12.3 Å². The lowest BCUT2D eigenvalue weighted by atomic mass is 9.99. The molecule has 2 aromatic carbocycles. The van der Waals surface area contributed by atoms with Gasteiger partial charge in [0.1, 0.15) is 0 Å². The zero-order valence-electron chi connectivity index (χ0n) is 14.7. The standard InChI is InChI=1S/C22H24N2O/c1-3-9-17-12-8-13-20-22(17)18(14-21(23)25)19(4-2)24(20)15-16-10-6-5-7-11-16/h3,5-8,10-13H,1,4,9,14-15H2,2H3,(H2,23,25). The van der Waals surface area contributed by atoms with Crippen molar-refractivity contribution in [2.45, 2.75) is 32.7 Å². The third-order valence-corrected chi connectivity index (χ3v) is 4.63. The number of amides is 1. The van der Waals surface area contributed by atoms with Crippen LogP contribution < -0.4 is 5.73 Å². The highest BCUT2D eigenvalue weighted by atomic mass is 16.1. The van der Waals surface area contributed by atoms with Crippen LogP contribution in [0, 0.1) is 0 Å². The van der Waals surface area contributed by atoms with E-state index in [2.05, 4.69) is 60.5 Å². The van der Waals surface area contributed by atoms with Gasteiger partial charge in [0.25, 0.3) is 0 Å². The lowest BCUT2D eigenvalue weighted by molar-refractivity contribution is -0.117. The van der Waals surface area contributed by atoms with Crippen LogP contribution in [-0.4, -0.2) is 10.5 Å². The minimum Gasteiger partial charge on any atom is -0.369 e. The number of nitrogens with zero attached hydrogens (tertiary/aromatic N) is 1. The van der Waals surface area contributed by atoms with E-state index in [0.29, 0.717) is 0 Å². The number of carbonyl (C=O) groups is 1. The first-order chi connectivity index (χ1) is 12.2. The second-order valence-corrected chi connectivity index (χ2v) is 6.30. The van der Waals surface area contributed by atoms with Crippen molar-refractivity contribution >= 4 is 16.8 Å². The van der Waals surface area contributed by atoms with Crippen LogP contribution in [0.5, 0.6) is 0 Å². The van der Waals surface area contributed by atoms with Gasteiger partial charge >= 0.3 is 0 Å². The molecule has 1 amide bonds. The number of primary amides is 1. The Bertz CT molecular complexity index is 907. The molecule has 128 valence electrons. The number of rotatable bonds is 7. The second kappa shape index (κ2) is 7.39. The molecule has 0 aliphatic rings. The minimum absolute atomic E-state index is 0.273. The number of hydrogen-bond acceptors (Lipinski definition) is 1. The maximum absolute atomic E-state index is 11.7. The highest BCUT2D eigenvalue weighted by Crippen LogP contribution is 2.31. The van der Waals surface area contributed by atoms with Crippen LogP contribution in [0.25, 0.3) is 10.9 Å². The summed E-state index contributed by atoms with van der Waals surface area (Å²) in [7, 11) is 0. The zero-order chi connectivity index (χ0) is 17.8. The first-order valence-corrected chi connectivity index (χ1v) is 8.70. The monoisotopic (exact) mass is 332 g/mol. The SMILES string of the molecule is C=CCc1cccc2c1c(CC(N)=O)c(CC)n2Cc1ccccc1. The number of allylic oxidation sites excluding steroid dienone is 1. The predicted octanol–water partition coefficient (Wildman–Crippen LogP) is 4.01. The van der Waals surface area contributed by atoms with Crippen molar-refractivity contribution in [2.24, 2.45) is 5.73 Å². The van der Waals surface area contributed by atoms with Crippen molar-refractivity contribution < 1.29 is 4.79 Å². The summed E-state index contributed by atoms with van der Waals surface area (Å²) in [5, 5.41) is 1.16. The van der Waals surface area contributed by atoms with Gasteiger partial charge in [-0.1, -0.05) is 55.5 Å². The third-order valence-electron chi connectivity index (χ3n) is 4.63. The van der Waals surface area contributed by atoms with Crippen molar-refractivity contribution in [1.82, 2.24) is 4.57 Å². The Hall–Kier alpha value is -2.81. The van der Waals surface area contributed by atoms with Crippen LogP contribution in [0.1, 0.15) is 29.3 Å². The Balaban J connectivity index is 2.26. The molecule has 25 heavy (non-hydrogen) atoms. The van der Waals surface area contributed by atoms with Crippen LogP contribution in [-0.2, 0) is 30.6 Å². The van der Waals surface area contributed by atoms with Crippen LogP contribution in [0.15, 0.2) is 61.2 Å². The van der Waals surface area contributed by atoms with Gasteiger partial charge in [0, 0.05) is 23.1 Å². The van der Waals surface area contributed by atoms with Crippen LogP contribution in [0.2, 0.25) is 0 Å². The highest BCUT2D eigenvalue weighted by Gasteiger charge is 2.19. The summed E-state index contributed by atoms with van der Waals surface area (Å²) in [4.78, 5) is 11.7. The normalized spacial score (nSPS) is 10.9. The van der Waals surface area contributed by atoms with Gasteiger partial charge < -0.3 is 10.3 Å². The average molecular weight is 332 g/mol. The summed E-state index contributed by atoms with van der Waals surface area (Å²) in [6.07, 6.45) is 3.82. The number of fused-ring (bicyclic) bond motifs is 1. The Morgan fingerprint density at radius 1 is 1.16 bits per heavy atom. The third kappa shape index (κ3) is 3.36. The Kier molecular flexibility index (Phi) is 5.03. The molecule has 0 aliphatic carbocycles. The smallest absolute Gasteiger partial charge is 0.221 e. The van der Waals surface area contributed by atoms with E-state index in [0.717, 1.165) is 35.9 Å². The van der Waals surface area contributed by atoms with Gasteiger partial charge in [-0.3, -0.25) is 4.79 Å². The van der Waals surface area contributed by atoms with Gasteiger partial charge in [-0.2, -0.15) is 0 Å². The Morgan fingerprint density at radius 2 is 1.92 bits per heavy atom. The van der Waals surface area contributed by atoms with Gasteiger partial charge in [-0.15, -0.1) is 6.58 Å². The first kappa shape index (κ1) is 17.0. The molecule has 3 rings (SSSR count). The highest BCUT2D eigenvalue weighted by molar-refractivity contribution is 5.93. The molecule has 0 aliphatic heterocycles. The van der Waals surface area contributed by atoms with E-state index in [1.165, 1.54) is 16.8 Å². The summed E-state index contributed by atoms with van der Waals surface area (Å²) in [6, 6.07) is 16.7. The summed E-state index contributed by atoms with van der Waals surface area (Å²) >= 11 is 0. The molecular weight excluding hydrogens is 308 g/mol. The molecule has 0 saturated carbocycles. The number of aromatic nitrogens is 1. The molecule has 1 aromatic heterocycles. The van der Waals surface area contributed by atoms with Crippen molar-refractivity contribution in [2.75, 3.05) is 0 Å². The number of nitrogens with two attached hydrogens (primary N) is 1. The molecule has 3 heteroatoms. The lowest BCUT2D eigenvalue weighted by Gasteiger charge is -2.11. The van der Waals surface area contributed by atoms with E-state index in [4.69, 9.17) is 5.73 Å².